The highest BCUT2D eigenvalue weighted by Gasteiger charge is 2.26. The van der Waals surface area contributed by atoms with Gasteiger partial charge in [-0.2, -0.15) is 0 Å². The number of alkyl halides is 1. The lowest BCUT2D eigenvalue weighted by atomic mass is 10.1. The second kappa shape index (κ2) is 5.13. The van der Waals surface area contributed by atoms with E-state index in [9.17, 15) is 10.1 Å². The second-order valence-electron chi connectivity index (χ2n) is 4.74. The van der Waals surface area contributed by atoms with Crippen molar-refractivity contribution in [2.75, 3.05) is 11.4 Å². The van der Waals surface area contributed by atoms with E-state index in [1.165, 1.54) is 5.56 Å². The fourth-order valence-electron chi connectivity index (χ4n) is 2.62. The van der Waals surface area contributed by atoms with Crippen LogP contribution in [0.25, 0.3) is 0 Å². The van der Waals surface area contributed by atoms with E-state index in [0.717, 1.165) is 24.2 Å². The highest BCUT2D eigenvalue weighted by Crippen LogP contribution is 2.39. The van der Waals surface area contributed by atoms with Crippen molar-refractivity contribution >= 4 is 28.7 Å². The Hall–Kier alpha value is -2.07. The number of nitrogens with zero attached hydrogens (tertiary/aromatic N) is 2. The number of halogens is 1. The molecule has 0 aliphatic carbocycles. The van der Waals surface area contributed by atoms with Crippen molar-refractivity contribution in [3.63, 3.8) is 0 Å². The van der Waals surface area contributed by atoms with Crippen molar-refractivity contribution in [1.29, 1.82) is 0 Å². The zero-order chi connectivity index (χ0) is 14.1. The van der Waals surface area contributed by atoms with E-state index in [4.69, 9.17) is 11.6 Å². The summed E-state index contributed by atoms with van der Waals surface area (Å²) in [6.45, 7) is 0.764. The van der Waals surface area contributed by atoms with Crippen molar-refractivity contribution in [2.45, 2.75) is 12.3 Å². The summed E-state index contributed by atoms with van der Waals surface area (Å²) in [7, 11) is 0. The first kappa shape index (κ1) is 12.9. The molecule has 1 aliphatic rings. The smallest absolute Gasteiger partial charge is 0.293 e. The lowest BCUT2D eigenvalue weighted by Crippen LogP contribution is -2.15. The largest absolute Gasteiger partial charge is 0.335 e. The number of fused-ring (bicyclic) bond motifs is 1. The van der Waals surface area contributed by atoms with Gasteiger partial charge in [-0.05, 0) is 29.7 Å². The standard InChI is InChI=1S/C15H13ClN2O2/c16-10-11-5-6-14(15(9-11)18(19)20)17-8-7-12-3-1-2-4-13(12)17/h1-6,9H,7-8,10H2. The minimum absolute atomic E-state index is 0.111. The Balaban J connectivity index is 2.09. The number of para-hydroxylation sites is 1. The van der Waals surface area contributed by atoms with E-state index in [-0.39, 0.29) is 16.5 Å². The van der Waals surface area contributed by atoms with Crippen LogP contribution in [0, 0.1) is 10.1 Å². The molecule has 5 heteroatoms. The lowest BCUT2D eigenvalue weighted by molar-refractivity contribution is -0.384. The van der Waals surface area contributed by atoms with Gasteiger partial charge in [0, 0.05) is 24.2 Å². The molecule has 2 aromatic carbocycles. The van der Waals surface area contributed by atoms with Crippen molar-refractivity contribution in [2.24, 2.45) is 0 Å². The molecule has 1 heterocycles. The van der Waals surface area contributed by atoms with E-state index in [0.29, 0.717) is 5.69 Å². The molecule has 102 valence electrons. The maximum absolute atomic E-state index is 11.3. The van der Waals surface area contributed by atoms with Crippen LogP contribution in [-0.4, -0.2) is 11.5 Å². The molecule has 2 aromatic rings. The summed E-state index contributed by atoms with van der Waals surface area (Å²) in [6.07, 6.45) is 0.907. The van der Waals surface area contributed by atoms with Gasteiger partial charge >= 0.3 is 0 Å². The molecule has 20 heavy (non-hydrogen) atoms. The number of anilines is 2. The zero-order valence-corrected chi connectivity index (χ0v) is 11.5. The van der Waals surface area contributed by atoms with E-state index < -0.39 is 0 Å². The van der Waals surface area contributed by atoms with Crippen LogP contribution in [0.3, 0.4) is 0 Å². The molecule has 0 radical (unpaired) electrons. The van der Waals surface area contributed by atoms with E-state index in [1.807, 2.05) is 29.2 Å². The van der Waals surface area contributed by atoms with Crippen LogP contribution in [0.2, 0.25) is 0 Å². The van der Waals surface area contributed by atoms with Gasteiger partial charge in [-0.25, -0.2) is 0 Å². The van der Waals surface area contributed by atoms with Crippen LogP contribution < -0.4 is 4.90 Å². The minimum Gasteiger partial charge on any atom is -0.335 e. The monoisotopic (exact) mass is 288 g/mol. The van der Waals surface area contributed by atoms with Gasteiger partial charge in [-0.3, -0.25) is 10.1 Å². The Morgan fingerprint density at radius 1 is 1.20 bits per heavy atom. The van der Waals surface area contributed by atoms with Gasteiger partial charge in [0.25, 0.3) is 5.69 Å². The summed E-state index contributed by atoms with van der Waals surface area (Å²) in [5.41, 5.74) is 3.78. The molecule has 0 bridgehead atoms. The second-order valence-corrected chi connectivity index (χ2v) is 5.01. The number of hydrogen-bond donors (Lipinski definition) is 0. The first-order valence-electron chi connectivity index (χ1n) is 6.39. The molecule has 1 aliphatic heterocycles. The third-order valence-electron chi connectivity index (χ3n) is 3.57. The van der Waals surface area contributed by atoms with Crippen LogP contribution in [0.15, 0.2) is 42.5 Å². The predicted molar refractivity (Wildman–Crippen MR) is 79.8 cm³/mol. The van der Waals surface area contributed by atoms with Crippen LogP contribution in [0.4, 0.5) is 17.1 Å². The molecule has 0 N–H and O–H groups in total. The minimum atomic E-state index is -0.341. The quantitative estimate of drug-likeness (QED) is 0.487. The average Bonchev–Trinajstić information content (AvgIpc) is 2.90. The molecule has 0 saturated heterocycles. The summed E-state index contributed by atoms with van der Waals surface area (Å²) in [5.74, 6) is 0.276. The Kier molecular flexibility index (Phi) is 3.32. The first-order valence-corrected chi connectivity index (χ1v) is 6.93. The molecular weight excluding hydrogens is 276 g/mol. The van der Waals surface area contributed by atoms with E-state index >= 15 is 0 Å². The SMILES string of the molecule is O=[N+]([O-])c1cc(CCl)ccc1N1CCc2ccccc21. The van der Waals surface area contributed by atoms with Crippen molar-refractivity contribution in [3.05, 3.63) is 63.7 Å². The summed E-state index contributed by atoms with van der Waals surface area (Å²) in [5, 5.41) is 11.3. The maximum atomic E-state index is 11.3. The molecule has 0 spiro atoms. The number of rotatable bonds is 3. The molecule has 0 atom stereocenters. The van der Waals surface area contributed by atoms with Crippen molar-refractivity contribution < 1.29 is 4.92 Å². The fourth-order valence-corrected chi connectivity index (χ4v) is 2.78. The molecule has 0 fully saturated rings. The van der Waals surface area contributed by atoms with Crippen LogP contribution >= 0.6 is 11.6 Å². The topological polar surface area (TPSA) is 46.4 Å². The van der Waals surface area contributed by atoms with Crippen LogP contribution in [0.5, 0.6) is 0 Å². The van der Waals surface area contributed by atoms with E-state index in [1.54, 1.807) is 12.1 Å². The van der Waals surface area contributed by atoms with Gasteiger partial charge < -0.3 is 4.90 Å². The Labute approximate surface area is 121 Å². The van der Waals surface area contributed by atoms with Gasteiger partial charge in [-0.1, -0.05) is 24.3 Å². The molecule has 0 saturated carbocycles. The first-order chi connectivity index (χ1) is 9.70. The summed E-state index contributed by atoms with van der Waals surface area (Å²) >= 11 is 5.76. The Morgan fingerprint density at radius 2 is 2.00 bits per heavy atom. The molecule has 0 aromatic heterocycles. The number of nitro groups is 1. The van der Waals surface area contributed by atoms with Crippen LogP contribution in [-0.2, 0) is 12.3 Å². The lowest BCUT2D eigenvalue weighted by Gasteiger charge is -2.19. The number of nitro benzene ring substituents is 1. The van der Waals surface area contributed by atoms with E-state index in [2.05, 4.69) is 6.07 Å². The third kappa shape index (κ3) is 2.12. The normalized spacial score (nSPS) is 13.3. The summed E-state index contributed by atoms with van der Waals surface area (Å²) in [6, 6.07) is 13.2. The van der Waals surface area contributed by atoms with Gasteiger partial charge in [-0.15, -0.1) is 11.6 Å². The number of hydrogen-bond acceptors (Lipinski definition) is 3. The van der Waals surface area contributed by atoms with Crippen molar-refractivity contribution in [1.82, 2.24) is 0 Å². The van der Waals surface area contributed by atoms with Gasteiger partial charge in [0.15, 0.2) is 0 Å². The molecule has 4 nitrogen and oxygen atoms in total. The Bertz CT molecular complexity index is 673. The summed E-state index contributed by atoms with van der Waals surface area (Å²) < 4.78 is 0. The predicted octanol–water partition coefficient (Wildman–Crippen LogP) is 4.03. The zero-order valence-electron chi connectivity index (χ0n) is 10.8. The van der Waals surface area contributed by atoms with Crippen molar-refractivity contribution in [3.8, 4) is 0 Å². The molecule has 0 unspecified atom stereocenters. The Morgan fingerprint density at radius 3 is 2.75 bits per heavy atom. The molecular formula is C15H13ClN2O2. The third-order valence-corrected chi connectivity index (χ3v) is 3.88. The summed E-state index contributed by atoms with van der Waals surface area (Å²) in [4.78, 5) is 13.0. The van der Waals surface area contributed by atoms with Crippen LogP contribution in [0.1, 0.15) is 11.1 Å². The van der Waals surface area contributed by atoms with Gasteiger partial charge in [0.1, 0.15) is 5.69 Å². The molecule has 3 rings (SSSR count). The maximum Gasteiger partial charge on any atom is 0.293 e. The highest BCUT2D eigenvalue weighted by molar-refractivity contribution is 6.17. The van der Waals surface area contributed by atoms with Gasteiger partial charge in [0.2, 0.25) is 0 Å². The van der Waals surface area contributed by atoms with Gasteiger partial charge in [0.05, 0.1) is 4.92 Å². The average molecular weight is 289 g/mol. The number of benzene rings is 2. The highest BCUT2D eigenvalue weighted by atomic mass is 35.5. The molecule has 0 amide bonds. The fraction of sp³-hybridized carbons (Fsp3) is 0.200.